The molecule has 37 heavy (non-hydrogen) atoms. The highest BCUT2D eigenvalue weighted by atomic mass is 16.5. The molecule has 0 saturated carbocycles. The number of methoxy groups -OCH3 is 1. The van der Waals surface area contributed by atoms with Crippen LogP contribution in [0.1, 0.15) is 59.3 Å². The SMILES string of the molecule is CO[C@@H](C(=O)NC1CC[C@@H](OCCCCCCN=[N+]=[N-])CN(C)C1=O)[C@H](O)[C@@H](O)[C@H](O)/C=C/C(C)(C)C. The summed E-state index contributed by atoms with van der Waals surface area (Å²) in [5, 5.41) is 37.2. The lowest BCUT2D eigenvalue weighted by atomic mass is 9.94. The summed E-state index contributed by atoms with van der Waals surface area (Å²) in [5.41, 5.74) is 8.03. The van der Waals surface area contributed by atoms with Crippen molar-refractivity contribution in [1.29, 1.82) is 0 Å². The Balaban J connectivity index is 2.62. The van der Waals surface area contributed by atoms with E-state index in [0.29, 0.717) is 32.5 Å². The predicted molar refractivity (Wildman–Crippen MR) is 138 cm³/mol. The number of likely N-dealkylation sites (tertiary alicyclic amines) is 1. The third-order valence-corrected chi connectivity index (χ3v) is 6.13. The Bertz CT molecular complexity index is 782. The van der Waals surface area contributed by atoms with Gasteiger partial charge < -0.3 is 35.0 Å². The van der Waals surface area contributed by atoms with Gasteiger partial charge in [0, 0.05) is 38.8 Å². The minimum Gasteiger partial charge on any atom is -0.387 e. The fraction of sp³-hybridized carbons (Fsp3) is 0.840. The first-order valence-corrected chi connectivity index (χ1v) is 12.9. The van der Waals surface area contributed by atoms with Crippen molar-refractivity contribution in [3.63, 3.8) is 0 Å². The molecule has 0 radical (unpaired) electrons. The molecule has 1 unspecified atom stereocenters. The number of likely N-dealkylation sites (N-methyl/N-ethyl adjacent to an activating group) is 1. The van der Waals surface area contributed by atoms with Crippen molar-refractivity contribution in [2.24, 2.45) is 10.5 Å². The Hall–Kier alpha value is -2.21. The first-order valence-electron chi connectivity index (χ1n) is 12.9. The lowest BCUT2D eigenvalue weighted by Gasteiger charge is -2.29. The minimum absolute atomic E-state index is 0.172. The predicted octanol–water partition coefficient (Wildman–Crippen LogP) is 1.68. The molecule has 1 heterocycles. The number of nitrogens with one attached hydrogen (secondary N) is 1. The van der Waals surface area contributed by atoms with Crippen LogP contribution < -0.4 is 5.32 Å². The maximum atomic E-state index is 12.9. The second-order valence-corrected chi connectivity index (χ2v) is 10.6. The largest absolute Gasteiger partial charge is 0.387 e. The molecular weight excluding hydrogens is 482 g/mol. The van der Waals surface area contributed by atoms with Crippen molar-refractivity contribution >= 4 is 11.8 Å². The topological polar surface area (TPSA) is 177 Å². The van der Waals surface area contributed by atoms with Gasteiger partial charge in [0.05, 0.1) is 6.10 Å². The van der Waals surface area contributed by atoms with E-state index in [1.165, 1.54) is 18.1 Å². The number of aliphatic hydroxyl groups excluding tert-OH is 3. The number of amides is 2. The highest BCUT2D eigenvalue weighted by Gasteiger charge is 2.38. The molecule has 1 fully saturated rings. The van der Waals surface area contributed by atoms with Crippen LogP contribution in [0.5, 0.6) is 0 Å². The van der Waals surface area contributed by atoms with Gasteiger partial charge in [-0.15, -0.1) is 0 Å². The summed E-state index contributed by atoms with van der Waals surface area (Å²) in [7, 11) is 2.85. The summed E-state index contributed by atoms with van der Waals surface area (Å²) in [6, 6.07) is -0.834. The van der Waals surface area contributed by atoms with Gasteiger partial charge in [0.15, 0.2) is 6.10 Å². The van der Waals surface area contributed by atoms with Crippen molar-refractivity contribution in [3.05, 3.63) is 22.6 Å². The van der Waals surface area contributed by atoms with Crippen molar-refractivity contribution in [2.45, 2.75) is 95.9 Å². The molecule has 0 spiro atoms. The molecule has 0 bridgehead atoms. The van der Waals surface area contributed by atoms with Crippen molar-refractivity contribution < 1.29 is 34.4 Å². The number of rotatable bonds is 15. The number of hydrogen-bond acceptors (Lipinski definition) is 8. The zero-order chi connectivity index (χ0) is 28.0. The first kappa shape index (κ1) is 32.8. The summed E-state index contributed by atoms with van der Waals surface area (Å²) < 4.78 is 11.1. The Morgan fingerprint density at radius 2 is 1.89 bits per heavy atom. The van der Waals surface area contributed by atoms with Crippen LogP contribution in [0.15, 0.2) is 17.3 Å². The number of hydrogen-bond donors (Lipinski definition) is 4. The van der Waals surface area contributed by atoms with E-state index in [2.05, 4.69) is 15.3 Å². The van der Waals surface area contributed by atoms with Gasteiger partial charge in [-0.05, 0) is 36.6 Å². The Morgan fingerprint density at radius 1 is 1.22 bits per heavy atom. The second-order valence-electron chi connectivity index (χ2n) is 10.6. The number of allylic oxidation sites excluding steroid dienone is 1. The average Bonchev–Trinajstić information content (AvgIpc) is 2.97. The van der Waals surface area contributed by atoms with E-state index < -0.39 is 36.4 Å². The smallest absolute Gasteiger partial charge is 0.252 e. The van der Waals surface area contributed by atoms with E-state index in [1.807, 2.05) is 20.8 Å². The standard InChI is InChI=1S/C25H45N5O7/c1-25(2,3)13-12-19(31)20(32)21(33)22(36-5)23(34)28-18-11-10-17(16-30(4)24(18)35)37-15-9-7-6-8-14-27-29-26/h12-13,17-22,31-33H,6-11,14-16H2,1-5H3,(H,28,34)/b13-12+/t17-,18?,19-,20+,21-,22-/m1/s1. The molecule has 4 N–H and O–H groups in total. The zero-order valence-corrected chi connectivity index (χ0v) is 22.7. The Labute approximate surface area is 219 Å². The van der Waals surface area contributed by atoms with E-state index in [1.54, 1.807) is 13.1 Å². The molecule has 212 valence electrons. The number of azide groups is 1. The normalized spacial score (nSPS) is 22.2. The summed E-state index contributed by atoms with van der Waals surface area (Å²) in [5.74, 6) is -1.04. The van der Waals surface area contributed by atoms with Gasteiger partial charge in [-0.25, -0.2) is 0 Å². The van der Waals surface area contributed by atoms with Crippen LogP contribution >= 0.6 is 0 Å². The van der Waals surface area contributed by atoms with Gasteiger partial charge in [-0.2, -0.15) is 0 Å². The van der Waals surface area contributed by atoms with Crippen LogP contribution in [0.3, 0.4) is 0 Å². The molecule has 0 aromatic heterocycles. The van der Waals surface area contributed by atoms with E-state index in [4.69, 9.17) is 15.0 Å². The van der Waals surface area contributed by atoms with Crippen molar-refractivity contribution in [3.8, 4) is 0 Å². The van der Waals surface area contributed by atoms with Crippen LogP contribution in [-0.4, -0.2) is 102 Å². The van der Waals surface area contributed by atoms with Gasteiger partial charge >= 0.3 is 0 Å². The van der Waals surface area contributed by atoms with Crippen LogP contribution in [-0.2, 0) is 19.1 Å². The molecule has 0 aromatic carbocycles. The summed E-state index contributed by atoms with van der Waals surface area (Å²) in [6.45, 7) is 7.18. The van der Waals surface area contributed by atoms with Crippen LogP contribution in [0.2, 0.25) is 0 Å². The monoisotopic (exact) mass is 527 g/mol. The van der Waals surface area contributed by atoms with Crippen molar-refractivity contribution in [1.82, 2.24) is 10.2 Å². The zero-order valence-electron chi connectivity index (χ0n) is 22.7. The highest BCUT2D eigenvalue weighted by Crippen LogP contribution is 2.18. The number of aliphatic hydroxyl groups is 3. The lowest BCUT2D eigenvalue weighted by Crippen LogP contribution is -2.55. The average molecular weight is 528 g/mol. The second kappa shape index (κ2) is 16.6. The quantitative estimate of drug-likeness (QED) is 0.0822. The van der Waals surface area contributed by atoms with Crippen molar-refractivity contribution in [2.75, 3.05) is 33.9 Å². The number of unbranched alkanes of at least 4 members (excludes halogenated alkanes) is 3. The summed E-state index contributed by atoms with van der Waals surface area (Å²) in [6.07, 6.45) is 1.11. The number of carbonyl (C=O) groups excluding carboxylic acids is 2. The van der Waals surface area contributed by atoms with Crippen LogP contribution in [0.25, 0.3) is 10.4 Å². The molecule has 12 nitrogen and oxygen atoms in total. The third-order valence-electron chi connectivity index (χ3n) is 6.13. The van der Waals surface area contributed by atoms with Crippen LogP contribution in [0, 0.1) is 5.41 Å². The maximum Gasteiger partial charge on any atom is 0.252 e. The summed E-state index contributed by atoms with van der Waals surface area (Å²) in [4.78, 5) is 30.0. The molecule has 6 atom stereocenters. The highest BCUT2D eigenvalue weighted by molar-refractivity contribution is 5.89. The minimum atomic E-state index is -1.72. The molecule has 1 aliphatic heterocycles. The maximum absolute atomic E-state index is 12.9. The fourth-order valence-electron chi connectivity index (χ4n) is 3.97. The van der Waals surface area contributed by atoms with Gasteiger partial charge in [0.25, 0.3) is 5.91 Å². The van der Waals surface area contributed by atoms with Crippen LogP contribution in [0.4, 0.5) is 0 Å². The van der Waals surface area contributed by atoms with Gasteiger partial charge in [-0.1, -0.05) is 50.9 Å². The van der Waals surface area contributed by atoms with Gasteiger partial charge in [0.2, 0.25) is 5.91 Å². The molecule has 0 aromatic rings. The fourth-order valence-corrected chi connectivity index (χ4v) is 3.97. The molecule has 1 saturated heterocycles. The molecule has 1 aliphatic rings. The lowest BCUT2D eigenvalue weighted by molar-refractivity contribution is -0.151. The molecule has 2 amide bonds. The van der Waals surface area contributed by atoms with E-state index >= 15 is 0 Å². The molecular formula is C25H45N5O7. The first-order chi connectivity index (χ1) is 17.4. The number of nitrogens with zero attached hydrogens (tertiary/aromatic N) is 4. The molecule has 1 rings (SSSR count). The Morgan fingerprint density at radius 3 is 2.51 bits per heavy atom. The molecule has 0 aliphatic carbocycles. The summed E-state index contributed by atoms with van der Waals surface area (Å²) >= 11 is 0. The van der Waals surface area contributed by atoms with E-state index in [-0.39, 0.29) is 17.4 Å². The number of carbonyl (C=O) groups is 2. The van der Waals surface area contributed by atoms with Gasteiger partial charge in [-0.3, -0.25) is 9.59 Å². The third kappa shape index (κ3) is 12.3. The van der Waals surface area contributed by atoms with E-state index in [9.17, 15) is 24.9 Å². The molecule has 12 heteroatoms. The van der Waals surface area contributed by atoms with Gasteiger partial charge in [0.1, 0.15) is 24.4 Å². The van der Waals surface area contributed by atoms with E-state index in [0.717, 1.165) is 25.7 Å². The number of ether oxygens (including phenoxy) is 2. The Kier molecular flexibility index (Phi) is 14.7.